The third kappa shape index (κ3) is 10.8. The van der Waals surface area contributed by atoms with Crippen LogP contribution in [-0.2, 0) is 28.6 Å². The van der Waals surface area contributed by atoms with Crippen molar-refractivity contribution in [2.75, 3.05) is 13.2 Å². The van der Waals surface area contributed by atoms with Crippen LogP contribution >= 0.6 is 0 Å². The third-order valence-corrected chi connectivity index (χ3v) is 3.82. The summed E-state index contributed by atoms with van der Waals surface area (Å²) in [5.41, 5.74) is 0.982. The lowest BCUT2D eigenvalue weighted by molar-refractivity contribution is -0.150. The predicted molar refractivity (Wildman–Crippen MR) is 102 cm³/mol. The van der Waals surface area contributed by atoms with E-state index in [0.717, 1.165) is 12.0 Å². The number of esters is 3. The third-order valence-electron chi connectivity index (χ3n) is 3.82. The molecule has 0 saturated heterocycles. The van der Waals surface area contributed by atoms with Gasteiger partial charge in [-0.25, -0.2) is 0 Å². The summed E-state index contributed by atoms with van der Waals surface area (Å²) in [6, 6.07) is 9.66. The standard InChI is InChI=1S/C21H28O6/c1-16(22)25-14-8-7-11-20(15-26-17(2)23)21(27-18(3)24)13-12-19-9-5-4-6-10-19/h4-6,9-10,12-13,20-21H,7-8,11,14-15H2,1-3H3. The normalized spacial score (nSPS) is 13.0. The molecule has 0 spiro atoms. The molecule has 2 atom stereocenters. The van der Waals surface area contributed by atoms with E-state index in [4.69, 9.17) is 14.2 Å². The molecule has 1 aromatic rings. The first-order valence-electron chi connectivity index (χ1n) is 9.05. The molecule has 0 aliphatic heterocycles. The minimum Gasteiger partial charge on any atom is -0.466 e. The van der Waals surface area contributed by atoms with Crippen LogP contribution in [0.25, 0.3) is 6.08 Å². The molecule has 0 heterocycles. The zero-order valence-corrected chi connectivity index (χ0v) is 16.2. The van der Waals surface area contributed by atoms with Crippen molar-refractivity contribution >= 4 is 24.0 Å². The highest BCUT2D eigenvalue weighted by molar-refractivity contribution is 5.67. The van der Waals surface area contributed by atoms with Crippen molar-refractivity contribution < 1.29 is 28.6 Å². The van der Waals surface area contributed by atoms with E-state index in [-0.39, 0.29) is 24.5 Å². The van der Waals surface area contributed by atoms with Gasteiger partial charge in [0.1, 0.15) is 6.10 Å². The van der Waals surface area contributed by atoms with Crippen molar-refractivity contribution in [1.82, 2.24) is 0 Å². The highest BCUT2D eigenvalue weighted by Gasteiger charge is 2.23. The number of ether oxygens (including phenoxy) is 3. The van der Waals surface area contributed by atoms with Crippen LogP contribution in [-0.4, -0.2) is 37.2 Å². The van der Waals surface area contributed by atoms with Gasteiger partial charge in [0.25, 0.3) is 0 Å². The molecular weight excluding hydrogens is 348 g/mol. The van der Waals surface area contributed by atoms with E-state index in [1.54, 1.807) is 0 Å². The van der Waals surface area contributed by atoms with Gasteiger partial charge >= 0.3 is 17.9 Å². The van der Waals surface area contributed by atoms with E-state index >= 15 is 0 Å². The first-order chi connectivity index (χ1) is 12.9. The summed E-state index contributed by atoms with van der Waals surface area (Å²) in [7, 11) is 0. The van der Waals surface area contributed by atoms with Gasteiger partial charge < -0.3 is 14.2 Å². The second kappa shape index (κ2) is 12.7. The molecule has 1 aromatic carbocycles. The summed E-state index contributed by atoms with van der Waals surface area (Å²) >= 11 is 0. The number of rotatable bonds is 11. The Kier molecular flexibility index (Phi) is 10.5. The molecule has 0 amide bonds. The van der Waals surface area contributed by atoms with Crippen LogP contribution in [0.3, 0.4) is 0 Å². The topological polar surface area (TPSA) is 78.9 Å². The Morgan fingerprint density at radius 1 is 0.926 bits per heavy atom. The van der Waals surface area contributed by atoms with Crippen LogP contribution in [0.5, 0.6) is 0 Å². The predicted octanol–water partition coefficient (Wildman–Crippen LogP) is 3.54. The maximum absolute atomic E-state index is 11.5. The molecule has 0 bridgehead atoms. The number of benzene rings is 1. The molecule has 0 fully saturated rings. The van der Waals surface area contributed by atoms with Crippen LogP contribution in [0.15, 0.2) is 36.4 Å². The highest BCUT2D eigenvalue weighted by atomic mass is 16.6. The average Bonchev–Trinajstić information content (AvgIpc) is 2.61. The fourth-order valence-corrected chi connectivity index (χ4v) is 2.55. The maximum atomic E-state index is 11.5. The molecule has 6 nitrogen and oxygen atoms in total. The molecule has 0 radical (unpaired) electrons. The Bertz CT molecular complexity index is 623. The summed E-state index contributed by atoms with van der Waals surface area (Å²) < 4.78 is 15.6. The molecular formula is C21H28O6. The van der Waals surface area contributed by atoms with Gasteiger partial charge in [-0.15, -0.1) is 0 Å². The van der Waals surface area contributed by atoms with Gasteiger partial charge in [-0.3, -0.25) is 14.4 Å². The molecule has 0 saturated carbocycles. The van der Waals surface area contributed by atoms with Gasteiger partial charge in [0.2, 0.25) is 0 Å². The Morgan fingerprint density at radius 3 is 2.19 bits per heavy atom. The second-order valence-electron chi connectivity index (χ2n) is 6.24. The van der Waals surface area contributed by atoms with E-state index in [9.17, 15) is 14.4 Å². The van der Waals surface area contributed by atoms with Crippen molar-refractivity contribution in [1.29, 1.82) is 0 Å². The lowest BCUT2D eigenvalue weighted by atomic mass is 9.95. The van der Waals surface area contributed by atoms with Gasteiger partial charge in [0, 0.05) is 26.7 Å². The van der Waals surface area contributed by atoms with Gasteiger partial charge in [0.15, 0.2) is 0 Å². The zero-order valence-electron chi connectivity index (χ0n) is 16.2. The van der Waals surface area contributed by atoms with Gasteiger partial charge in [0.05, 0.1) is 13.2 Å². The molecule has 6 heteroatoms. The number of unbranched alkanes of at least 4 members (excludes halogenated alkanes) is 1. The van der Waals surface area contributed by atoms with Crippen LogP contribution in [0.1, 0.15) is 45.6 Å². The minimum absolute atomic E-state index is 0.153. The number of carbonyl (C=O) groups excluding carboxylic acids is 3. The van der Waals surface area contributed by atoms with Crippen LogP contribution in [0.4, 0.5) is 0 Å². The monoisotopic (exact) mass is 376 g/mol. The van der Waals surface area contributed by atoms with Crippen molar-refractivity contribution in [3.05, 3.63) is 42.0 Å². The molecule has 0 aliphatic carbocycles. The van der Waals surface area contributed by atoms with Crippen molar-refractivity contribution in [3.63, 3.8) is 0 Å². The number of hydrogen-bond donors (Lipinski definition) is 0. The fraction of sp³-hybridized carbons (Fsp3) is 0.476. The number of carbonyl (C=O) groups is 3. The number of hydrogen-bond acceptors (Lipinski definition) is 6. The van der Waals surface area contributed by atoms with Crippen LogP contribution in [0, 0.1) is 5.92 Å². The smallest absolute Gasteiger partial charge is 0.303 e. The van der Waals surface area contributed by atoms with Gasteiger partial charge in [-0.05, 0) is 30.9 Å². The maximum Gasteiger partial charge on any atom is 0.303 e. The van der Waals surface area contributed by atoms with Crippen molar-refractivity contribution in [2.24, 2.45) is 5.92 Å². The molecule has 2 unspecified atom stereocenters. The Balaban J connectivity index is 2.78. The lowest BCUT2D eigenvalue weighted by Gasteiger charge is -2.24. The quantitative estimate of drug-likeness (QED) is 0.334. The molecule has 1 rings (SSSR count). The molecule has 27 heavy (non-hydrogen) atoms. The van der Waals surface area contributed by atoms with E-state index in [0.29, 0.717) is 19.4 Å². The van der Waals surface area contributed by atoms with Gasteiger partial charge in [-0.1, -0.05) is 36.4 Å². The minimum atomic E-state index is -0.518. The zero-order chi connectivity index (χ0) is 20.1. The molecule has 0 aliphatic rings. The van der Waals surface area contributed by atoms with Crippen molar-refractivity contribution in [3.8, 4) is 0 Å². The molecule has 0 aromatic heterocycles. The second-order valence-corrected chi connectivity index (χ2v) is 6.24. The molecule has 0 N–H and O–H groups in total. The van der Waals surface area contributed by atoms with E-state index in [1.165, 1.54) is 20.8 Å². The van der Waals surface area contributed by atoms with E-state index in [2.05, 4.69) is 0 Å². The average molecular weight is 376 g/mol. The lowest BCUT2D eigenvalue weighted by Crippen LogP contribution is -2.29. The van der Waals surface area contributed by atoms with E-state index < -0.39 is 12.1 Å². The van der Waals surface area contributed by atoms with Crippen LogP contribution < -0.4 is 0 Å². The summed E-state index contributed by atoms with van der Waals surface area (Å²) in [6.45, 7) is 4.56. The Hall–Kier alpha value is -2.63. The summed E-state index contributed by atoms with van der Waals surface area (Å²) in [5.74, 6) is -1.27. The fourth-order valence-electron chi connectivity index (χ4n) is 2.55. The summed E-state index contributed by atoms with van der Waals surface area (Å²) in [4.78, 5) is 33.6. The van der Waals surface area contributed by atoms with Crippen molar-refractivity contribution in [2.45, 2.75) is 46.1 Å². The Morgan fingerprint density at radius 2 is 1.59 bits per heavy atom. The Labute approximate surface area is 160 Å². The first kappa shape index (κ1) is 22.4. The van der Waals surface area contributed by atoms with Gasteiger partial charge in [-0.2, -0.15) is 0 Å². The summed E-state index contributed by atoms with van der Waals surface area (Å²) in [6.07, 6.45) is 5.27. The summed E-state index contributed by atoms with van der Waals surface area (Å²) in [5, 5.41) is 0. The van der Waals surface area contributed by atoms with Crippen LogP contribution in [0.2, 0.25) is 0 Å². The largest absolute Gasteiger partial charge is 0.466 e. The first-order valence-corrected chi connectivity index (χ1v) is 9.05. The van der Waals surface area contributed by atoms with E-state index in [1.807, 2.05) is 42.5 Å². The SMILES string of the molecule is CC(=O)OCCCCC(COC(C)=O)C(C=Cc1ccccc1)OC(C)=O. The highest BCUT2D eigenvalue weighted by Crippen LogP contribution is 2.20. The molecule has 148 valence electrons.